The standard InChI is InChI=1S/C20H23N/c1-15-6-11-20(16(2)14-15)17(3)18-7-9-19(10-8-18)21-12-4-5-13-21/h6-11,14H,3-5,12-13H2,1-2H3. The molecular weight excluding hydrogens is 254 g/mol. The predicted molar refractivity (Wildman–Crippen MR) is 91.9 cm³/mol. The highest BCUT2D eigenvalue weighted by molar-refractivity contribution is 5.80. The van der Waals surface area contributed by atoms with Crippen molar-refractivity contribution in [2.75, 3.05) is 18.0 Å². The first-order chi connectivity index (χ1) is 10.1. The second-order valence-corrected chi connectivity index (χ2v) is 6.04. The first-order valence-corrected chi connectivity index (χ1v) is 7.77. The third-order valence-corrected chi connectivity index (χ3v) is 4.39. The molecule has 1 aliphatic rings. The summed E-state index contributed by atoms with van der Waals surface area (Å²) < 4.78 is 0. The minimum absolute atomic E-state index is 1.11. The van der Waals surface area contributed by atoms with Crippen molar-refractivity contribution in [1.82, 2.24) is 0 Å². The van der Waals surface area contributed by atoms with Crippen molar-refractivity contribution in [1.29, 1.82) is 0 Å². The van der Waals surface area contributed by atoms with Gasteiger partial charge in [0.1, 0.15) is 0 Å². The average Bonchev–Trinajstić information content (AvgIpc) is 3.01. The zero-order chi connectivity index (χ0) is 14.8. The lowest BCUT2D eigenvalue weighted by Gasteiger charge is -2.18. The topological polar surface area (TPSA) is 3.24 Å². The van der Waals surface area contributed by atoms with Crippen LogP contribution in [0.15, 0.2) is 49.0 Å². The van der Waals surface area contributed by atoms with E-state index in [9.17, 15) is 0 Å². The van der Waals surface area contributed by atoms with Crippen LogP contribution >= 0.6 is 0 Å². The van der Waals surface area contributed by atoms with Gasteiger partial charge in [0.2, 0.25) is 0 Å². The Balaban J connectivity index is 1.84. The SMILES string of the molecule is C=C(c1ccc(N2CCCC2)cc1)c1ccc(C)cc1C. The van der Waals surface area contributed by atoms with E-state index in [1.54, 1.807) is 0 Å². The van der Waals surface area contributed by atoms with Crippen molar-refractivity contribution < 1.29 is 0 Å². The molecule has 2 aromatic carbocycles. The highest BCUT2D eigenvalue weighted by atomic mass is 15.1. The van der Waals surface area contributed by atoms with Crippen LogP contribution in [0.1, 0.15) is 35.1 Å². The minimum atomic E-state index is 1.11. The molecule has 0 saturated carbocycles. The molecule has 3 rings (SSSR count). The molecule has 1 heterocycles. The van der Waals surface area contributed by atoms with Crippen LogP contribution in [0.3, 0.4) is 0 Å². The van der Waals surface area contributed by atoms with Crippen molar-refractivity contribution in [3.63, 3.8) is 0 Å². The van der Waals surface area contributed by atoms with Gasteiger partial charge in [-0.3, -0.25) is 0 Å². The molecule has 0 spiro atoms. The van der Waals surface area contributed by atoms with E-state index in [2.05, 4.69) is 67.8 Å². The first-order valence-electron chi connectivity index (χ1n) is 7.77. The third-order valence-electron chi connectivity index (χ3n) is 4.39. The quantitative estimate of drug-likeness (QED) is 0.766. The third kappa shape index (κ3) is 2.87. The highest BCUT2D eigenvalue weighted by Gasteiger charge is 2.12. The van der Waals surface area contributed by atoms with Gasteiger partial charge in [-0.2, -0.15) is 0 Å². The number of hydrogen-bond donors (Lipinski definition) is 0. The Morgan fingerprint density at radius 3 is 2.24 bits per heavy atom. The lowest BCUT2D eigenvalue weighted by molar-refractivity contribution is 0.949. The van der Waals surface area contributed by atoms with Crippen molar-refractivity contribution in [3.05, 3.63) is 71.3 Å². The van der Waals surface area contributed by atoms with Gasteiger partial charge in [-0.1, -0.05) is 42.5 Å². The Bertz CT molecular complexity index is 646. The fraction of sp³-hybridized carbons (Fsp3) is 0.300. The fourth-order valence-electron chi connectivity index (χ4n) is 3.16. The maximum atomic E-state index is 4.30. The van der Waals surface area contributed by atoms with Crippen LogP contribution in [0.2, 0.25) is 0 Å². The summed E-state index contributed by atoms with van der Waals surface area (Å²) in [5.41, 5.74) is 7.50. The van der Waals surface area contributed by atoms with E-state index in [-0.39, 0.29) is 0 Å². The summed E-state index contributed by atoms with van der Waals surface area (Å²) in [5.74, 6) is 0. The van der Waals surface area contributed by atoms with Crippen LogP contribution in [0, 0.1) is 13.8 Å². The lowest BCUT2D eigenvalue weighted by atomic mass is 9.94. The second kappa shape index (κ2) is 5.77. The molecule has 0 aliphatic carbocycles. The predicted octanol–water partition coefficient (Wildman–Crippen LogP) is 4.97. The van der Waals surface area contributed by atoms with Gasteiger partial charge >= 0.3 is 0 Å². The maximum absolute atomic E-state index is 4.30. The molecule has 1 fully saturated rings. The van der Waals surface area contributed by atoms with Gasteiger partial charge in [0, 0.05) is 18.8 Å². The molecule has 0 atom stereocenters. The minimum Gasteiger partial charge on any atom is -0.372 e. The van der Waals surface area contributed by atoms with E-state index in [1.165, 1.54) is 53.9 Å². The number of anilines is 1. The Hall–Kier alpha value is -2.02. The van der Waals surface area contributed by atoms with Gasteiger partial charge in [0.15, 0.2) is 0 Å². The monoisotopic (exact) mass is 277 g/mol. The van der Waals surface area contributed by atoms with Crippen LogP contribution in [0.5, 0.6) is 0 Å². The number of benzene rings is 2. The van der Waals surface area contributed by atoms with E-state index in [1.807, 2.05) is 0 Å². The van der Waals surface area contributed by atoms with Gasteiger partial charge in [-0.05, 0) is 61.1 Å². The molecule has 1 nitrogen and oxygen atoms in total. The average molecular weight is 277 g/mol. The van der Waals surface area contributed by atoms with E-state index in [0.29, 0.717) is 0 Å². The molecule has 21 heavy (non-hydrogen) atoms. The Kier molecular flexibility index (Phi) is 3.83. The Morgan fingerprint density at radius 1 is 0.952 bits per heavy atom. The summed E-state index contributed by atoms with van der Waals surface area (Å²) in [6.45, 7) is 11.0. The van der Waals surface area contributed by atoms with Crippen LogP contribution in [0.25, 0.3) is 5.57 Å². The summed E-state index contributed by atoms with van der Waals surface area (Å²) in [5, 5.41) is 0. The number of hydrogen-bond acceptors (Lipinski definition) is 1. The van der Waals surface area contributed by atoms with Gasteiger partial charge < -0.3 is 4.90 Å². The molecule has 1 heteroatoms. The van der Waals surface area contributed by atoms with Crippen LogP contribution in [-0.2, 0) is 0 Å². The van der Waals surface area contributed by atoms with E-state index in [0.717, 1.165) is 5.57 Å². The Labute approximate surface area is 127 Å². The van der Waals surface area contributed by atoms with E-state index < -0.39 is 0 Å². The molecule has 2 aromatic rings. The van der Waals surface area contributed by atoms with Crippen LogP contribution in [0.4, 0.5) is 5.69 Å². The molecule has 0 unspecified atom stereocenters. The second-order valence-electron chi connectivity index (χ2n) is 6.04. The van der Waals surface area contributed by atoms with E-state index in [4.69, 9.17) is 0 Å². The van der Waals surface area contributed by atoms with Gasteiger partial charge in [0.25, 0.3) is 0 Å². The summed E-state index contributed by atoms with van der Waals surface area (Å²) in [6.07, 6.45) is 2.63. The normalized spacial score (nSPS) is 14.5. The molecule has 0 bridgehead atoms. The first kappa shape index (κ1) is 13.9. The smallest absolute Gasteiger partial charge is 0.0366 e. The van der Waals surface area contributed by atoms with Gasteiger partial charge in [-0.15, -0.1) is 0 Å². The zero-order valence-corrected chi connectivity index (χ0v) is 13.0. The summed E-state index contributed by atoms with van der Waals surface area (Å²) in [7, 11) is 0. The molecule has 0 amide bonds. The van der Waals surface area contributed by atoms with Crippen LogP contribution < -0.4 is 4.90 Å². The Morgan fingerprint density at radius 2 is 1.62 bits per heavy atom. The molecule has 0 aromatic heterocycles. The molecule has 1 aliphatic heterocycles. The summed E-state index contributed by atoms with van der Waals surface area (Å²) >= 11 is 0. The maximum Gasteiger partial charge on any atom is 0.0366 e. The largest absolute Gasteiger partial charge is 0.372 e. The number of aryl methyl sites for hydroxylation is 2. The highest BCUT2D eigenvalue weighted by Crippen LogP contribution is 2.28. The lowest BCUT2D eigenvalue weighted by Crippen LogP contribution is -2.17. The summed E-state index contributed by atoms with van der Waals surface area (Å²) in [6, 6.07) is 15.4. The van der Waals surface area contributed by atoms with Crippen molar-refractivity contribution in [2.45, 2.75) is 26.7 Å². The van der Waals surface area contributed by atoms with Crippen molar-refractivity contribution in [2.24, 2.45) is 0 Å². The summed E-state index contributed by atoms with van der Waals surface area (Å²) in [4.78, 5) is 2.46. The molecule has 1 saturated heterocycles. The van der Waals surface area contributed by atoms with Crippen molar-refractivity contribution >= 4 is 11.3 Å². The number of rotatable bonds is 3. The fourth-order valence-corrected chi connectivity index (χ4v) is 3.16. The number of nitrogens with zero attached hydrogens (tertiary/aromatic N) is 1. The van der Waals surface area contributed by atoms with Gasteiger partial charge in [0.05, 0.1) is 0 Å². The van der Waals surface area contributed by atoms with Crippen molar-refractivity contribution in [3.8, 4) is 0 Å². The molecule has 0 radical (unpaired) electrons. The van der Waals surface area contributed by atoms with Crippen LogP contribution in [-0.4, -0.2) is 13.1 Å². The zero-order valence-electron chi connectivity index (χ0n) is 13.0. The molecule has 0 N–H and O–H groups in total. The van der Waals surface area contributed by atoms with E-state index >= 15 is 0 Å². The molecular formula is C20H23N. The molecule has 108 valence electrons. The van der Waals surface area contributed by atoms with Gasteiger partial charge in [-0.25, -0.2) is 0 Å².